The summed E-state index contributed by atoms with van der Waals surface area (Å²) >= 11 is 0. The molecular weight excluding hydrogens is 324 g/mol. The van der Waals surface area contributed by atoms with Crippen LogP contribution in [0.2, 0.25) is 0 Å². The third-order valence-corrected chi connectivity index (χ3v) is 3.99. The first-order valence-electron chi connectivity index (χ1n) is 7.68. The molecule has 3 N–H and O–H groups in total. The minimum absolute atomic E-state index is 0.256. The molecule has 6 atom stereocenters. The molecular formula is C15H24O9. The van der Waals surface area contributed by atoms with Crippen LogP contribution in [0.25, 0.3) is 0 Å². The van der Waals surface area contributed by atoms with Gasteiger partial charge in [0.05, 0.1) is 6.10 Å². The lowest BCUT2D eigenvalue weighted by Crippen LogP contribution is -2.60. The molecule has 1 saturated heterocycles. The van der Waals surface area contributed by atoms with Crippen LogP contribution in [0, 0.1) is 5.92 Å². The first-order chi connectivity index (χ1) is 11.0. The zero-order chi connectivity index (χ0) is 18.7. The highest BCUT2D eigenvalue weighted by Crippen LogP contribution is 2.35. The van der Waals surface area contributed by atoms with Crippen molar-refractivity contribution in [1.82, 2.24) is 0 Å². The van der Waals surface area contributed by atoms with Gasteiger partial charge in [-0.15, -0.1) is 0 Å². The van der Waals surface area contributed by atoms with Crippen LogP contribution in [-0.4, -0.2) is 63.4 Å². The summed E-state index contributed by atoms with van der Waals surface area (Å²) in [6, 6.07) is 0. The smallest absolute Gasteiger partial charge is 0.364 e. The molecule has 0 aromatic rings. The summed E-state index contributed by atoms with van der Waals surface area (Å²) in [5.41, 5.74) is 0. The van der Waals surface area contributed by atoms with Crippen LogP contribution in [0.5, 0.6) is 0 Å². The lowest BCUT2D eigenvalue weighted by Gasteiger charge is -2.44. The average Bonchev–Trinajstić information content (AvgIpc) is 2.46. The molecule has 9 nitrogen and oxygen atoms in total. The molecule has 0 bridgehead atoms. The lowest BCUT2D eigenvalue weighted by atomic mass is 9.84. The van der Waals surface area contributed by atoms with Gasteiger partial charge < -0.3 is 29.5 Å². The van der Waals surface area contributed by atoms with Crippen LogP contribution in [0.3, 0.4) is 0 Å². The molecule has 0 aromatic heterocycles. The van der Waals surface area contributed by atoms with E-state index < -0.39 is 60.4 Å². The summed E-state index contributed by atoms with van der Waals surface area (Å²) < 4.78 is 15.6. The molecule has 0 spiro atoms. The summed E-state index contributed by atoms with van der Waals surface area (Å²) in [4.78, 5) is 34.0. The van der Waals surface area contributed by atoms with E-state index in [1.807, 2.05) is 0 Å². The molecule has 1 aliphatic rings. The van der Waals surface area contributed by atoms with E-state index in [4.69, 9.17) is 19.3 Å². The van der Waals surface area contributed by atoms with Crippen LogP contribution in [-0.2, 0) is 28.6 Å². The van der Waals surface area contributed by atoms with Gasteiger partial charge in [-0.2, -0.15) is 0 Å². The van der Waals surface area contributed by atoms with E-state index in [9.17, 15) is 24.6 Å². The molecule has 0 radical (unpaired) electrons. The van der Waals surface area contributed by atoms with Crippen LogP contribution < -0.4 is 0 Å². The fourth-order valence-corrected chi connectivity index (χ4v) is 2.71. The quantitative estimate of drug-likeness (QED) is 0.557. The van der Waals surface area contributed by atoms with Gasteiger partial charge in [-0.3, -0.25) is 9.59 Å². The van der Waals surface area contributed by atoms with Gasteiger partial charge in [0.15, 0.2) is 6.10 Å². The molecule has 1 fully saturated rings. The van der Waals surface area contributed by atoms with Crippen molar-refractivity contribution in [1.29, 1.82) is 0 Å². The number of carboxylic acids is 1. The highest BCUT2D eigenvalue weighted by molar-refractivity contribution is 5.75. The maximum absolute atomic E-state index is 11.4. The number of carbonyl (C=O) groups excluding carboxylic acids is 2. The standard InChI is InChI=1S/C15H24O9/c1-5-11(22-8(3)16)13(23-9(4)17)12-7(2)10(18)6-15(21,24-12)14(19)20/h7,10-13,18,21H,5-6H2,1-4H3,(H,19,20). The van der Waals surface area contributed by atoms with Crippen molar-refractivity contribution in [3.05, 3.63) is 0 Å². The summed E-state index contributed by atoms with van der Waals surface area (Å²) in [6.45, 7) is 5.56. The molecule has 0 saturated carbocycles. The fourth-order valence-electron chi connectivity index (χ4n) is 2.71. The third kappa shape index (κ3) is 4.65. The first kappa shape index (κ1) is 20.3. The minimum atomic E-state index is -2.62. The normalized spacial score (nSPS) is 32.5. The van der Waals surface area contributed by atoms with Crippen molar-refractivity contribution >= 4 is 17.9 Å². The molecule has 0 amide bonds. The summed E-state index contributed by atoms with van der Waals surface area (Å²) in [5, 5.41) is 29.3. The highest BCUT2D eigenvalue weighted by Gasteiger charge is 2.53. The average molecular weight is 348 g/mol. The Morgan fingerprint density at radius 1 is 1.25 bits per heavy atom. The van der Waals surface area contributed by atoms with E-state index in [1.165, 1.54) is 6.92 Å². The second-order valence-corrected chi connectivity index (χ2v) is 5.93. The van der Waals surface area contributed by atoms with Crippen LogP contribution in [0.15, 0.2) is 0 Å². The van der Waals surface area contributed by atoms with Crippen molar-refractivity contribution in [2.45, 2.75) is 70.7 Å². The zero-order valence-corrected chi connectivity index (χ0v) is 14.1. The SMILES string of the molecule is CCC(OC(C)=O)C(OC(C)=O)C1OC(O)(C(=O)O)CC(O)C1C. The Labute approximate surface area is 139 Å². The van der Waals surface area contributed by atoms with Crippen LogP contribution in [0.4, 0.5) is 0 Å². The predicted molar refractivity (Wildman–Crippen MR) is 78.6 cm³/mol. The fraction of sp³-hybridized carbons (Fsp3) is 0.800. The molecule has 0 aromatic carbocycles. The Kier molecular flexibility index (Phi) is 6.70. The number of aliphatic hydroxyl groups is 2. The van der Waals surface area contributed by atoms with Crippen molar-refractivity contribution in [2.75, 3.05) is 0 Å². The van der Waals surface area contributed by atoms with Gasteiger partial charge in [0, 0.05) is 26.2 Å². The van der Waals surface area contributed by atoms with Gasteiger partial charge in [-0.25, -0.2) is 4.79 Å². The van der Waals surface area contributed by atoms with Gasteiger partial charge in [-0.1, -0.05) is 13.8 Å². The molecule has 9 heteroatoms. The van der Waals surface area contributed by atoms with Crippen molar-refractivity contribution in [3.63, 3.8) is 0 Å². The first-order valence-corrected chi connectivity index (χ1v) is 7.68. The molecule has 1 rings (SSSR count). The summed E-state index contributed by atoms with van der Waals surface area (Å²) in [7, 11) is 0. The number of ether oxygens (including phenoxy) is 3. The molecule has 1 aliphatic heterocycles. The number of aliphatic hydroxyl groups excluding tert-OH is 1. The van der Waals surface area contributed by atoms with E-state index in [2.05, 4.69) is 0 Å². The predicted octanol–water partition coefficient (Wildman–Crippen LogP) is -0.181. The maximum atomic E-state index is 11.4. The second-order valence-electron chi connectivity index (χ2n) is 5.93. The molecule has 24 heavy (non-hydrogen) atoms. The minimum Gasteiger partial charge on any atom is -0.477 e. The third-order valence-electron chi connectivity index (χ3n) is 3.99. The van der Waals surface area contributed by atoms with E-state index in [-0.39, 0.29) is 6.42 Å². The van der Waals surface area contributed by atoms with E-state index >= 15 is 0 Å². The number of hydrogen-bond acceptors (Lipinski definition) is 8. The van der Waals surface area contributed by atoms with Crippen molar-refractivity contribution in [3.8, 4) is 0 Å². The van der Waals surface area contributed by atoms with E-state index in [1.54, 1.807) is 13.8 Å². The van der Waals surface area contributed by atoms with Crippen LogP contribution in [0.1, 0.15) is 40.5 Å². The Morgan fingerprint density at radius 2 is 1.79 bits per heavy atom. The lowest BCUT2D eigenvalue weighted by molar-refractivity contribution is -0.303. The Morgan fingerprint density at radius 3 is 2.21 bits per heavy atom. The number of carbonyl (C=O) groups is 3. The molecule has 138 valence electrons. The molecule has 6 unspecified atom stereocenters. The molecule has 0 aliphatic carbocycles. The largest absolute Gasteiger partial charge is 0.477 e. The Bertz CT molecular complexity index is 491. The number of hydrogen-bond donors (Lipinski definition) is 3. The second kappa shape index (κ2) is 7.91. The van der Waals surface area contributed by atoms with Crippen LogP contribution >= 0.6 is 0 Å². The number of esters is 2. The molecule has 1 heterocycles. The Balaban J connectivity index is 3.19. The van der Waals surface area contributed by atoms with Gasteiger partial charge in [0.1, 0.15) is 12.2 Å². The van der Waals surface area contributed by atoms with Gasteiger partial charge >= 0.3 is 17.9 Å². The number of carboxylic acid groups (broad SMARTS) is 1. The Hall–Kier alpha value is -1.71. The van der Waals surface area contributed by atoms with Crippen molar-refractivity contribution in [2.24, 2.45) is 5.92 Å². The highest BCUT2D eigenvalue weighted by atomic mass is 16.7. The summed E-state index contributed by atoms with van der Waals surface area (Å²) in [6.07, 6.45) is -4.75. The van der Waals surface area contributed by atoms with E-state index in [0.29, 0.717) is 0 Å². The number of aliphatic carboxylic acids is 1. The maximum Gasteiger partial charge on any atom is 0.364 e. The van der Waals surface area contributed by atoms with Crippen molar-refractivity contribution < 1.29 is 43.9 Å². The zero-order valence-electron chi connectivity index (χ0n) is 14.1. The van der Waals surface area contributed by atoms with E-state index in [0.717, 1.165) is 6.92 Å². The van der Waals surface area contributed by atoms with Gasteiger partial charge in [-0.05, 0) is 6.42 Å². The topological polar surface area (TPSA) is 140 Å². The van der Waals surface area contributed by atoms with Gasteiger partial charge in [0.2, 0.25) is 0 Å². The monoisotopic (exact) mass is 348 g/mol. The number of rotatable bonds is 6. The summed E-state index contributed by atoms with van der Waals surface area (Å²) in [5.74, 6) is -6.26. The van der Waals surface area contributed by atoms with Gasteiger partial charge in [0.25, 0.3) is 5.79 Å².